The summed E-state index contributed by atoms with van der Waals surface area (Å²) < 4.78 is 12.2. The summed E-state index contributed by atoms with van der Waals surface area (Å²) in [5, 5.41) is 15.7. The number of hydrogen-bond acceptors (Lipinski definition) is 6. The van der Waals surface area contributed by atoms with Crippen LogP contribution in [0.4, 0.5) is 0 Å². The van der Waals surface area contributed by atoms with Crippen molar-refractivity contribution in [3.05, 3.63) is 59.3 Å². The fourth-order valence-corrected chi connectivity index (χ4v) is 5.35. The van der Waals surface area contributed by atoms with E-state index in [1.807, 2.05) is 6.20 Å². The first-order valence-electron chi connectivity index (χ1n) is 12.5. The number of rotatable bonds is 8. The zero-order valence-corrected chi connectivity index (χ0v) is 20.3. The van der Waals surface area contributed by atoms with Gasteiger partial charge in [0.2, 0.25) is 5.82 Å². The van der Waals surface area contributed by atoms with Crippen molar-refractivity contribution in [2.75, 3.05) is 20.3 Å². The van der Waals surface area contributed by atoms with Gasteiger partial charge in [0, 0.05) is 54.0 Å². The minimum Gasteiger partial charge on any atom is -0.496 e. The van der Waals surface area contributed by atoms with Crippen molar-refractivity contribution in [3.63, 3.8) is 0 Å². The highest BCUT2D eigenvalue weighted by Gasteiger charge is 2.32. The summed E-state index contributed by atoms with van der Waals surface area (Å²) in [6, 6.07) is 13.1. The quantitative estimate of drug-likeness (QED) is 0.383. The lowest BCUT2D eigenvalue weighted by Crippen LogP contribution is -2.39. The van der Waals surface area contributed by atoms with E-state index < -0.39 is 0 Å². The van der Waals surface area contributed by atoms with E-state index in [0.717, 1.165) is 49.8 Å². The number of tetrazole rings is 1. The monoisotopic (exact) mass is 472 g/mol. The number of piperidine rings is 1. The minimum absolute atomic E-state index is 0.257. The Labute approximate surface area is 205 Å². The van der Waals surface area contributed by atoms with E-state index in [4.69, 9.17) is 9.47 Å². The number of aromatic amines is 2. The van der Waals surface area contributed by atoms with Gasteiger partial charge in [-0.05, 0) is 67.0 Å². The molecular weight excluding hydrogens is 440 g/mol. The molecule has 8 heteroatoms. The summed E-state index contributed by atoms with van der Waals surface area (Å²) in [6.45, 7) is 4.84. The molecular formula is C27H32N6O2. The molecule has 8 nitrogen and oxygen atoms in total. The summed E-state index contributed by atoms with van der Waals surface area (Å²) in [5.41, 5.74) is 5.87. The molecule has 2 aromatic heterocycles. The van der Waals surface area contributed by atoms with Gasteiger partial charge in [0.25, 0.3) is 0 Å². The number of fused-ring (bicyclic) bond motifs is 1. The predicted molar refractivity (Wildman–Crippen MR) is 134 cm³/mol. The van der Waals surface area contributed by atoms with Gasteiger partial charge < -0.3 is 14.5 Å². The van der Waals surface area contributed by atoms with E-state index >= 15 is 0 Å². The molecule has 1 saturated carbocycles. The summed E-state index contributed by atoms with van der Waals surface area (Å²) in [7, 11) is 1.77. The zero-order valence-electron chi connectivity index (χ0n) is 20.3. The minimum atomic E-state index is 0.257. The van der Waals surface area contributed by atoms with Crippen LogP contribution in [-0.2, 0) is 11.3 Å². The lowest BCUT2D eigenvalue weighted by atomic mass is 9.91. The molecule has 1 aliphatic heterocycles. The summed E-state index contributed by atoms with van der Waals surface area (Å²) in [4.78, 5) is 5.99. The Hall–Kier alpha value is -3.23. The third-order valence-corrected chi connectivity index (χ3v) is 7.52. The van der Waals surface area contributed by atoms with E-state index in [9.17, 15) is 0 Å². The summed E-state index contributed by atoms with van der Waals surface area (Å²) in [6.07, 6.45) is 6.99. The number of aromatic nitrogens is 5. The predicted octanol–water partition coefficient (Wildman–Crippen LogP) is 4.80. The number of likely N-dealkylation sites (tertiary alicyclic amines) is 1. The van der Waals surface area contributed by atoms with E-state index in [0.29, 0.717) is 11.9 Å². The SMILES string of the molecule is COc1cc(C)c2[nH]ccc2c1CN1CC[C@@H](OCC2CC2)C[C@@H]1c1ccc(-c2nn[nH]n2)cc1. The second kappa shape index (κ2) is 9.43. The third-order valence-electron chi connectivity index (χ3n) is 7.52. The maximum Gasteiger partial charge on any atom is 0.204 e. The van der Waals surface area contributed by atoms with E-state index in [-0.39, 0.29) is 6.04 Å². The number of H-pyrrole nitrogens is 2. The molecule has 35 heavy (non-hydrogen) atoms. The Bertz CT molecular complexity index is 1280. The summed E-state index contributed by atoms with van der Waals surface area (Å²) in [5.74, 6) is 2.34. The maximum absolute atomic E-state index is 6.37. The molecule has 0 amide bonds. The first-order chi connectivity index (χ1) is 17.2. The van der Waals surface area contributed by atoms with Crippen LogP contribution in [0.2, 0.25) is 0 Å². The Morgan fingerprint density at radius 3 is 2.71 bits per heavy atom. The van der Waals surface area contributed by atoms with Crippen LogP contribution >= 0.6 is 0 Å². The highest BCUT2D eigenvalue weighted by Crippen LogP contribution is 2.39. The van der Waals surface area contributed by atoms with Crippen LogP contribution in [0.3, 0.4) is 0 Å². The third kappa shape index (κ3) is 4.56. The number of nitrogens with one attached hydrogen (secondary N) is 2. The van der Waals surface area contributed by atoms with Crippen LogP contribution in [0.15, 0.2) is 42.6 Å². The normalized spacial score (nSPS) is 21.0. The van der Waals surface area contributed by atoms with E-state index in [1.54, 1.807) is 7.11 Å². The number of benzene rings is 2. The van der Waals surface area contributed by atoms with Crippen molar-refractivity contribution in [1.82, 2.24) is 30.5 Å². The lowest BCUT2D eigenvalue weighted by Gasteiger charge is -2.40. The van der Waals surface area contributed by atoms with Gasteiger partial charge >= 0.3 is 0 Å². The molecule has 2 fully saturated rings. The zero-order chi connectivity index (χ0) is 23.8. The molecule has 2 aromatic carbocycles. The first-order valence-corrected chi connectivity index (χ1v) is 12.5. The Balaban J connectivity index is 1.30. The Morgan fingerprint density at radius 1 is 1.11 bits per heavy atom. The van der Waals surface area contributed by atoms with Gasteiger partial charge in [-0.1, -0.05) is 24.3 Å². The molecule has 2 aliphatic rings. The van der Waals surface area contributed by atoms with Gasteiger partial charge in [0.1, 0.15) is 5.75 Å². The molecule has 2 atom stereocenters. The average Bonchev–Trinajstić information content (AvgIpc) is 3.32. The van der Waals surface area contributed by atoms with Crippen LogP contribution < -0.4 is 4.74 Å². The van der Waals surface area contributed by atoms with Crippen molar-refractivity contribution < 1.29 is 9.47 Å². The summed E-state index contributed by atoms with van der Waals surface area (Å²) >= 11 is 0. The molecule has 6 rings (SSSR count). The number of aryl methyl sites for hydroxylation is 1. The van der Waals surface area contributed by atoms with Crippen LogP contribution in [0, 0.1) is 12.8 Å². The van der Waals surface area contributed by atoms with Crippen molar-refractivity contribution >= 4 is 10.9 Å². The van der Waals surface area contributed by atoms with Crippen LogP contribution in [0.5, 0.6) is 5.75 Å². The lowest BCUT2D eigenvalue weighted by molar-refractivity contribution is -0.0229. The topological polar surface area (TPSA) is 92.0 Å². The van der Waals surface area contributed by atoms with Crippen LogP contribution in [-0.4, -0.2) is 56.9 Å². The molecule has 0 bridgehead atoms. The van der Waals surface area contributed by atoms with Gasteiger partial charge in [-0.2, -0.15) is 5.21 Å². The molecule has 0 unspecified atom stereocenters. The second-order valence-corrected chi connectivity index (χ2v) is 9.91. The van der Waals surface area contributed by atoms with Gasteiger partial charge in [-0.3, -0.25) is 4.90 Å². The molecule has 2 N–H and O–H groups in total. The van der Waals surface area contributed by atoms with Gasteiger partial charge in [0.15, 0.2) is 0 Å². The molecule has 182 valence electrons. The van der Waals surface area contributed by atoms with Crippen LogP contribution in [0.25, 0.3) is 22.3 Å². The molecule has 3 heterocycles. The number of hydrogen-bond donors (Lipinski definition) is 2. The Kier molecular flexibility index (Phi) is 6.00. The van der Waals surface area contributed by atoms with Gasteiger partial charge in [-0.15, -0.1) is 10.2 Å². The fourth-order valence-electron chi connectivity index (χ4n) is 5.35. The molecule has 1 aliphatic carbocycles. The standard InChI is InChI=1S/C27H32N6O2/c1-17-13-25(34-2)23(22-9-11-28-26(17)22)15-33-12-10-21(35-16-18-3-4-18)14-24(33)19-5-7-20(8-6-19)27-29-31-32-30-27/h5-9,11,13,18,21,24,28H,3-4,10,12,14-16H2,1-2H3,(H,29,30,31,32)/t21-,24-/m1/s1. The largest absolute Gasteiger partial charge is 0.496 e. The molecule has 1 saturated heterocycles. The van der Waals surface area contributed by atoms with E-state index in [1.165, 1.54) is 40.4 Å². The molecule has 0 spiro atoms. The molecule has 4 aromatic rings. The van der Waals surface area contributed by atoms with E-state index in [2.05, 4.69) is 73.8 Å². The Morgan fingerprint density at radius 2 is 1.97 bits per heavy atom. The van der Waals surface area contributed by atoms with Crippen molar-refractivity contribution in [2.24, 2.45) is 5.92 Å². The van der Waals surface area contributed by atoms with Gasteiger partial charge in [0.05, 0.1) is 13.2 Å². The smallest absolute Gasteiger partial charge is 0.204 e. The fraction of sp³-hybridized carbons (Fsp3) is 0.444. The highest BCUT2D eigenvalue weighted by atomic mass is 16.5. The van der Waals surface area contributed by atoms with Crippen molar-refractivity contribution in [2.45, 2.75) is 51.3 Å². The average molecular weight is 473 g/mol. The van der Waals surface area contributed by atoms with Crippen molar-refractivity contribution in [1.29, 1.82) is 0 Å². The second-order valence-electron chi connectivity index (χ2n) is 9.91. The van der Waals surface area contributed by atoms with Crippen molar-refractivity contribution in [3.8, 4) is 17.1 Å². The highest BCUT2D eigenvalue weighted by molar-refractivity contribution is 5.88. The number of nitrogens with zero attached hydrogens (tertiary/aromatic N) is 4. The molecule has 0 radical (unpaired) electrons. The first kappa shape index (κ1) is 22.2. The number of methoxy groups -OCH3 is 1. The maximum atomic E-state index is 6.37. The van der Waals surface area contributed by atoms with Crippen LogP contribution in [0.1, 0.15) is 48.4 Å². The van der Waals surface area contributed by atoms with Gasteiger partial charge in [-0.25, -0.2) is 0 Å². The number of ether oxygens (including phenoxy) is 2.